The molecule has 1 atom stereocenters. The van der Waals surface area contributed by atoms with Crippen molar-refractivity contribution in [3.63, 3.8) is 0 Å². The summed E-state index contributed by atoms with van der Waals surface area (Å²) in [6.45, 7) is 3.87. The van der Waals surface area contributed by atoms with Gasteiger partial charge in [0.05, 0.1) is 6.10 Å². The average molecular weight is 307 g/mol. The molecule has 0 fully saturated rings. The molecule has 1 N–H and O–H groups in total. The minimum absolute atomic E-state index is 0.526. The van der Waals surface area contributed by atoms with Crippen LogP contribution in [0.15, 0.2) is 35.1 Å². The van der Waals surface area contributed by atoms with Gasteiger partial charge in [-0.1, -0.05) is 0 Å². The molecule has 0 bridgehead atoms. The van der Waals surface area contributed by atoms with Crippen molar-refractivity contribution in [3.05, 3.63) is 57.6 Å². The molecule has 1 unspecified atom stereocenters. The van der Waals surface area contributed by atoms with Crippen LogP contribution in [0.4, 0.5) is 0 Å². The maximum absolute atomic E-state index is 10.2. The maximum Gasteiger partial charge on any atom is 0.0832 e. The quantitative estimate of drug-likeness (QED) is 0.947. The molecule has 2 aromatic heterocycles. The zero-order valence-electron chi connectivity index (χ0n) is 10.4. The lowest BCUT2D eigenvalue weighted by atomic mass is 10.0. The first kappa shape index (κ1) is 13.2. The van der Waals surface area contributed by atoms with E-state index in [2.05, 4.69) is 25.9 Å². The van der Waals surface area contributed by atoms with Crippen LogP contribution in [0.1, 0.15) is 28.6 Å². The molecule has 2 rings (SSSR count). The van der Waals surface area contributed by atoms with Crippen molar-refractivity contribution in [1.82, 2.24) is 9.97 Å². The molecule has 2 heterocycles. The predicted molar refractivity (Wildman–Crippen MR) is 74.3 cm³/mol. The largest absolute Gasteiger partial charge is 0.388 e. The van der Waals surface area contributed by atoms with E-state index in [1.54, 1.807) is 12.4 Å². The third kappa shape index (κ3) is 3.37. The summed E-state index contributed by atoms with van der Waals surface area (Å²) >= 11 is 3.38. The first-order chi connectivity index (χ1) is 8.54. The fraction of sp³-hybridized carbons (Fsp3) is 0.286. The Balaban J connectivity index is 2.19. The van der Waals surface area contributed by atoms with Gasteiger partial charge in [-0.2, -0.15) is 0 Å². The molecule has 2 aromatic rings. The Kier molecular flexibility index (Phi) is 4.09. The highest BCUT2D eigenvalue weighted by Gasteiger charge is 2.10. The fourth-order valence-corrected chi connectivity index (χ4v) is 2.38. The van der Waals surface area contributed by atoms with Crippen LogP contribution in [0, 0.1) is 13.8 Å². The number of nitrogens with zero attached hydrogens (tertiary/aromatic N) is 2. The van der Waals surface area contributed by atoms with E-state index in [9.17, 15) is 5.11 Å². The summed E-state index contributed by atoms with van der Waals surface area (Å²) in [7, 11) is 0. The van der Waals surface area contributed by atoms with Crippen molar-refractivity contribution in [2.45, 2.75) is 26.4 Å². The summed E-state index contributed by atoms with van der Waals surface area (Å²) in [5.74, 6) is 0. The normalized spacial score (nSPS) is 12.4. The maximum atomic E-state index is 10.2. The number of hydrogen-bond donors (Lipinski definition) is 1. The lowest BCUT2D eigenvalue weighted by molar-refractivity contribution is 0.178. The summed E-state index contributed by atoms with van der Waals surface area (Å²) in [5.41, 5.74) is 3.76. The van der Waals surface area contributed by atoms with Crippen LogP contribution in [0.3, 0.4) is 0 Å². The molecule has 3 nitrogen and oxygen atoms in total. The summed E-state index contributed by atoms with van der Waals surface area (Å²) in [6.07, 6.45) is 3.53. The number of halogens is 1. The lowest BCUT2D eigenvalue weighted by Gasteiger charge is -2.12. The van der Waals surface area contributed by atoms with Gasteiger partial charge in [0, 0.05) is 34.7 Å². The van der Waals surface area contributed by atoms with E-state index < -0.39 is 6.10 Å². The molecule has 0 radical (unpaired) electrons. The van der Waals surface area contributed by atoms with E-state index in [0.29, 0.717) is 6.42 Å². The molecule has 0 saturated heterocycles. The Morgan fingerprint density at radius 3 is 2.44 bits per heavy atom. The third-order valence-electron chi connectivity index (χ3n) is 2.68. The second-order valence-electron chi connectivity index (χ2n) is 4.41. The van der Waals surface area contributed by atoms with Gasteiger partial charge in [-0.15, -0.1) is 0 Å². The van der Waals surface area contributed by atoms with Crippen molar-refractivity contribution in [2.75, 3.05) is 0 Å². The lowest BCUT2D eigenvalue weighted by Crippen LogP contribution is -2.04. The number of hydrogen-bond acceptors (Lipinski definition) is 3. The van der Waals surface area contributed by atoms with Crippen molar-refractivity contribution >= 4 is 15.9 Å². The SMILES string of the molecule is Cc1cc(C(O)Cc2cncc(Br)c2)cc(C)n1. The monoisotopic (exact) mass is 306 g/mol. The topological polar surface area (TPSA) is 46.0 Å². The molecule has 0 aliphatic carbocycles. The Morgan fingerprint density at radius 2 is 1.83 bits per heavy atom. The zero-order chi connectivity index (χ0) is 13.1. The van der Waals surface area contributed by atoms with Gasteiger partial charge in [-0.3, -0.25) is 9.97 Å². The molecule has 0 amide bonds. The average Bonchev–Trinajstić information content (AvgIpc) is 2.27. The molecule has 0 saturated carbocycles. The van der Waals surface area contributed by atoms with Crippen molar-refractivity contribution < 1.29 is 5.11 Å². The van der Waals surface area contributed by atoms with Crippen LogP contribution in [-0.4, -0.2) is 15.1 Å². The van der Waals surface area contributed by atoms with Gasteiger partial charge < -0.3 is 5.11 Å². The number of aliphatic hydroxyl groups is 1. The van der Waals surface area contributed by atoms with E-state index in [4.69, 9.17) is 0 Å². The van der Waals surface area contributed by atoms with Crippen molar-refractivity contribution in [2.24, 2.45) is 0 Å². The molecule has 18 heavy (non-hydrogen) atoms. The van der Waals surface area contributed by atoms with Crippen molar-refractivity contribution in [1.29, 1.82) is 0 Å². The Labute approximate surface area is 115 Å². The van der Waals surface area contributed by atoms with E-state index in [1.807, 2.05) is 32.0 Å². The molecular formula is C14H15BrN2O. The van der Waals surface area contributed by atoms with Gasteiger partial charge in [-0.05, 0) is 59.1 Å². The van der Waals surface area contributed by atoms with Gasteiger partial charge in [0.2, 0.25) is 0 Å². The third-order valence-corrected chi connectivity index (χ3v) is 3.11. The number of aromatic nitrogens is 2. The van der Waals surface area contributed by atoms with E-state index in [0.717, 1.165) is 27.0 Å². The molecule has 4 heteroatoms. The number of rotatable bonds is 3. The molecule has 0 aromatic carbocycles. The summed E-state index contributed by atoms with van der Waals surface area (Å²) < 4.78 is 0.925. The first-order valence-corrected chi connectivity index (χ1v) is 6.56. The van der Waals surface area contributed by atoms with Gasteiger partial charge in [-0.25, -0.2) is 0 Å². The van der Waals surface area contributed by atoms with Gasteiger partial charge in [0.15, 0.2) is 0 Å². The minimum Gasteiger partial charge on any atom is -0.388 e. The van der Waals surface area contributed by atoms with Crippen LogP contribution in [-0.2, 0) is 6.42 Å². The molecule has 0 aliphatic heterocycles. The number of pyridine rings is 2. The Morgan fingerprint density at radius 1 is 1.17 bits per heavy atom. The van der Waals surface area contributed by atoms with E-state index in [1.165, 1.54) is 0 Å². The van der Waals surface area contributed by atoms with E-state index in [-0.39, 0.29) is 0 Å². The first-order valence-electron chi connectivity index (χ1n) is 5.77. The highest BCUT2D eigenvalue weighted by Crippen LogP contribution is 2.20. The van der Waals surface area contributed by atoms with Crippen LogP contribution in [0.5, 0.6) is 0 Å². The smallest absolute Gasteiger partial charge is 0.0832 e. The zero-order valence-corrected chi connectivity index (χ0v) is 12.0. The highest BCUT2D eigenvalue weighted by molar-refractivity contribution is 9.10. The van der Waals surface area contributed by atoms with Crippen LogP contribution in [0.25, 0.3) is 0 Å². The van der Waals surface area contributed by atoms with Gasteiger partial charge >= 0.3 is 0 Å². The van der Waals surface area contributed by atoms with Gasteiger partial charge in [0.25, 0.3) is 0 Å². The van der Waals surface area contributed by atoms with Crippen LogP contribution < -0.4 is 0 Å². The van der Waals surface area contributed by atoms with Crippen LogP contribution in [0.2, 0.25) is 0 Å². The van der Waals surface area contributed by atoms with Crippen molar-refractivity contribution in [3.8, 4) is 0 Å². The second kappa shape index (κ2) is 5.59. The molecule has 0 spiro atoms. The van der Waals surface area contributed by atoms with Crippen LogP contribution >= 0.6 is 15.9 Å². The summed E-state index contributed by atoms with van der Waals surface area (Å²) in [5, 5.41) is 10.2. The molecule has 0 aliphatic rings. The molecular weight excluding hydrogens is 292 g/mol. The van der Waals surface area contributed by atoms with E-state index >= 15 is 0 Å². The fourth-order valence-electron chi connectivity index (χ4n) is 1.97. The molecule has 94 valence electrons. The summed E-state index contributed by atoms with van der Waals surface area (Å²) in [4.78, 5) is 8.40. The minimum atomic E-state index is -0.526. The Bertz CT molecular complexity index is 537. The number of aryl methyl sites for hydroxylation is 2. The number of aliphatic hydroxyl groups excluding tert-OH is 1. The Hall–Kier alpha value is -1.26. The highest BCUT2D eigenvalue weighted by atomic mass is 79.9. The second-order valence-corrected chi connectivity index (χ2v) is 5.33. The standard InChI is InChI=1S/C14H15BrN2O/c1-9-3-12(4-10(2)17-9)14(18)6-11-5-13(15)8-16-7-11/h3-5,7-8,14,18H,6H2,1-2H3. The van der Waals surface area contributed by atoms with Gasteiger partial charge in [0.1, 0.15) is 0 Å². The summed E-state index contributed by atoms with van der Waals surface area (Å²) in [6, 6.07) is 5.81. The predicted octanol–water partition coefficient (Wildman–Crippen LogP) is 3.13.